The Labute approximate surface area is 96.8 Å². The van der Waals surface area contributed by atoms with Crippen LogP contribution in [0.5, 0.6) is 0 Å². The third-order valence-corrected chi connectivity index (χ3v) is 2.91. The summed E-state index contributed by atoms with van der Waals surface area (Å²) in [5, 5.41) is 0. The number of benzene rings is 1. The van der Waals surface area contributed by atoms with Crippen LogP contribution in [0.15, 0.2) is 16.6 Å². The van der Waals surface area contributed by atoms with E-state index in [1.54, 1.807) is 13.8 Å². The molecule has 0 unspecified atom stereocenters. The second-order valence-corrected chi connectivity index (χ2v) is 5.08. The minimum atomic E-state index is -0.580. The topological polar surface area (TPSA) is 26.0 Å². The maximum Gasteiger partial charge on any atom is 0.130 e. The Bertz CT molecular complexity index is 341. The van der Waals surface area contributed by atoms with Gasteiger partial charge in [0.05, 0.1) is 0 Å². The van der Waals surface area contributed by atoms with Crippen LogP contribution < -0.4 is 5.73 Å². The van der Waals surface area contributed by atoms with Gasteiger partial charge in [0.25, 0.3) is 0 Å². The van der Waals surface area contributed by atoms with Crippen LogP contribution in [0.4, 0.5) is 8.78 Å². The highest BCUT2D eigenvalue weighted by Crippen LogP contribution is 2.32. The largest absolute Gasteiger partial charge is 0.330 e. The molecule has 0 saturated carbocycles. The van der Waals surface area contributed by atoms with E-state index in [2.05, 4.69) is 15.9 Å². The molecule has 0 bridgehead atoms. The maximum atomic E-state index is 13.6. The fraction of sp³-hybridized carbons (Fsp3) is 0.455. The first-order chi connectivity index (χ1) is 6.88. The lowest BCUT2D eigenvalue weighted by Gasteiger charge is -2.25. The molecule has 0 radical (unpaired) electrons. The van der Waals surface area contributed by atoms with Crippen LogP contribution >= 0.6 is 15.9 Å². The van der Waals surface area contributed by atoms with E-state index in [0.29, 0.717) is 17.4 Å². The highest BCUT2D eigenvalue weighted by molar-refractivity contribution is 9.10. The van der Waals surface area contributed by atoms with E-state index in [0.717, 1.165) is 0 Å². The lowest BCUT2D eigenvalue weighted by atomic mass is 9.81. The average Bonchev–Trinajstić information content (AvgIpc) is 1.99. The van der Waals surface area contributed by atoms with Gasteiger partial charge in [0, 0.05) is 10.0 Å². The van der Waals surface area contributed by atoms with Crippen LogP contribution in [-0.4, -0.2) is 6.54 Å². The smallest absolute Gasteiger partial charge is 0.130 e. The lowest BCUT2D eigenvalue weighted by molar-refractivity contribution is 0.425. The van der Waals surface area contributed by atoms with Crippen LogP contribution in [0.25, 0.3) is 0 Å². The molecule has 0 aromatic heterocycles. The van der Waals surface area contributed by atoms with Gasteiger partial charge >= 0.3 is 0 Å². The molecule has 84 valence electrons. The number of hydrogen-bond acceptors (Lipinski definition) is 1. The highest BCUT2D eigenvalue weighted by atomic mass is 79.9. The second kappa shape index (κ2) is 4.58. The van der Waals surface area contributed by atoms with E-state index in [1.165, 1.54) is 12.1 Å². The SMILES string of the molecule is CC(C)(CCN)c1c(F)cc(Br)cc1F. The molecule has 0 aliphatic carbocycles. The highest BCUT2D eigenvalue weighted by Gasteiger charge is 2.27. The summed E-state index contributed by atoms with van der Waals surface area (Å²) in [5.41, 5.74) is 4.96. The zero-order chi connectivity index (χ0) is 11.6. The number of hydrogen-bond donors (Lipinski definition) is 1. The van der Waals surface area contributed by atoms with Crippen molar-refractivity contribution < 1.29 is 8.78 Å². The molecule has 0 aliphatic rings. The van der Waals surface area contributed by atoms with Crippen LogP contribution in [0.3, 0.4) is 0 Å². The molecule has 0 saturated heterocycles. The van der Waals surface area contributed by atoms with E-state index in [1.807, 2.05) is 0 Å². The van der Waals surface area contributed by atoms with Gasteiger partial charge in [-0.3, -0.25) is 0 Å². The molecule has 1 aromatic rings. The predicted molar refractivity (Wildman–Crippen MR) is 60.8 cm³/mol. The summed E-state index contributed by atoms with van der Waals surface area (Å²) in [6.07, 6.45) is 0.544. The normalized spacial score (nSPS) is 11.9. The third kappa shape index (κ3) is 2.75. The standard InChI is InChI=1S/C11H14BrF2N/c1-11(2,3-4-15)10-8(13)5-7(12)6-9(10)14/h5-6H,3-4,15H2,1-2H3. The number of halogens is 3. The molecule has 0 aliphatic heterocycles. The molecular formula is C11H14BrF2N. The molecule has 2 N–H and O–H groups in total. The van der Waals surface area contributed by atoms with Gasteiger partial charge in [-0.1, -0.05) is 29.8 Å². The Hall–Kier alpha value is -0.480. The predicted octanol–water partition coefficient (Wildman–Crippen LogP) is 3.35. The Morgan fingerprint density at radius 1 is 1.27 bits per heavy atom. The minimum absolute atomic E-state index is 0.108. The van der Waals surface area contributed by atoms with E-state index in [4.69, 9.17) is 5.73 Å². The first-order valence-electron chi connectivity index (χ1n) is 4.73. The molecule has 0 atom stereocenters. The quantitative estimate of drug-likeness (QED) is 0.901. The van der Waals surface area contributed by atoms with Crippen molar-refractivity contribution in [3.05, 3.63) is 33.8 Å². The molecule has 0 fully saturated rings. The molecule has 0 amide bonds. The van der Waals surface area contributed by atoms with Crippen LogP contribution in [-0.2, 0) is 5.41 Å². The second-order valence-electron chi connectivity index (χ2n) is 4.17. The summed E-state index contributed by atoms with van der Waals surface area (Å²) in [7, 11) is 0. The first kappa shape index (κ1) is 12.6. The van der Waals surface area contributed by atoms with Crippen molar-refractivity contribution in [1.82, 2.24) is 0 Å². The van der Waals surface area contributed by atoms with Gasteiger partial charge in [-0.05, 0) is 30.5 Å². The summed E-state index contributed by atoms with van der Waals surface area (Å²) in [6.45, 7) is 3.98. The molecule has 4 heteroatoms. The average molecular weight is 278 g/mol. The van der Waals surface area contributed by atoms with Crippen molar-refractivity contribution in [1.29, 1.82) is 0 Å². The Morgan fingerprint density at radius 3 is 2.13 bits per heavy atom. The summed E-state index contributed by atoms with van der Waals surface area (Å²) < 4.78 is 27.6. The minimum Gasteiger partial charge on any atom is -0.330 e. The monoisotopic (exact) mass is 277 g/mol. The molecule has 1 aromatic carbocycles. The van der Waals surface area contributed by atoms with Crippen molar-refractivity contribution >= 4 is 15.9 Å². The van der Waals surface area contributed by atoms with E-state index < -0.39 is 17.0 Å². The number of nitrogens with two attached hydrogens (primary N) is 1. The van der Waals surface area contributed by atoms with Crippen molar-refractivity contribution in [3.63, 3.8) is 0 Å². The lowest BCUT2D eigenvalue weighted by Crippen LogP contribution is -2.24. The van der Waals surface area contributed by atoms with Crippen LogP contribution in [0.1, 0.15) is 25.8 Å². The summed E-state index contributed by atoms with van der Waals surface area (Å²) in [6, 6.07) is 2.55. The Balaban J connectivity index is 3.24. The molecular weight excluding hydrogens is 264 g/mol. The van der Waals surface area contributed by atoms with Crippen molar-refractivity contribution in [3.8, 4) is 0 Å². The van der Waals surface area contributed by atoms with Gasteiger partial charge in [0.2, 0.25) is 0 Å². The zero-order valence-electron chi connectivity index (χ0n) is 8.78. The fourth-order valence-electron chi connectivity index (χ4n) is 1.67. The summed E-state index contributed by atoms with van der Waals surface area (Å²) in [5.74, 6) is -1.05. The zero-order valence-corrected chi connectivity index (χ0v) is 10.4. The van der Waals surface area contributed by atoms with E-state index in [9.17, 15) is 8.78 Å². The van der Waals surface area contributed by atoms with Gasteiger partial charge in [0.1, 0.15) is 11.6 Å². The van der Waals surface area contributed by atoms with Crippen molar-refractivity contribution in [2.75, 3.05) is 6.54 Å². The Kier molecular flexibility index (Phi) is 3.84. The third-order valence-electron chi connectivity index (χ3n) is 2.45. The van der Waals surface area contributed by atoms with Crippen LogP contribution in [0.2, 0.25) is 0 Å². The fourth-order valence-corrected chi connectivity index (χ4v) is 2.08. The van der Waals surface area contributed by atoms with Gasteiger partial charge < -0.3 is 5.73 Å². The van der Waals surface area contributed by atoms with E-state index >= 15 is 0 Å². The summed E-state index contributed by atoms with van der Waals surface area (Å²) >= 11 is 3.05. The first-order valence-corrected chi connectivity index (χ1v) is 5.53. The molecule has 0 spiro atoms. The van der Waals surface area contributed by atoms with Gasteiger partial charge in [0.15, 0.2) is 0 Å². The molecule has 15 heavy (non-hydrogen) atoms. The maximum absolute atomic E-state index is 13.6. The Morgan fingerprint density at radius 2 is 1.73 bits per heavy atom. The molecule has 1 nitrogen and oxygen atoms in total. The van der Waals surface area contributed by atoms with E-state index in [-0.39, 0.29) is 5.56 Å². The summed E-state index contributed by atoms with van der Waals surface area (Å²) in [4.78, 5) is 0. The molecule has 1 rings (SSSR count). The van der Waals surface area contributed by atoms with Gasteiger partial charge in [-0.25, -0.2) is 8.78 Å². The van der Waals surface area contributed by atoms with Crippen molar-refractivity contribution in [2.24, 2.45) is 5.73 Å². The van der Waals surface area contributed by atoms with Crippen LogP contribution in [0, 0.1) is 11.6 Å². The van der Waals surface area contributed by atoms with Crippen molar-refractivity contribution in [2.45, 2.75) is 25.7 Å². The number of rotatable bonds is 3. The van der Waals surface area contributed by atoms with Gasteiger partial charge in [-0.15, -0.1) is 0 Å². The van der Waals surface area contributed by atoms with Gasteiger partial charge in [-0.2, -0.15) is 0 Å². The molecule has 0 heterocycles.